The van der Waals surface area contributed by atoms with Crippen molar-refractivity contribution in [3.05, 3.63) is 36.3 Å². The molecule has 3 heterocycles. The Hall–Kier alpha value is -1.62. The van der Waals surface area contributed by atoms with E-state index >= 15 is 0 Å². The highest BCUT2D eigenvalue weighted by molar-refractivity contribution is 7.99. The van der Waals surface area contributed by atoms with Gasteiger partial charge in [0, 0.05) is 24.6 Å². The molecule has 1 fully saturated rings. The largest absolute Gasteiger partial charge is 0.461 e. The van der Waals surface area contributed by atoms with Gasteiger partial charge in [-0.05, 0) is 24.3 Å². The zero-order valence-electron chi connectivity index (χ0n) is 9.80. The topological polar surface area (TPSA) is 46.6 Å². The third kappa shape index (κ3) is 2.18. The van der Waals surface area contributed by atoms with Crippen LogP contribution in [0.25, 0.3) is 11.5 Å². The standard InChI is InChI=1S/C13H13NO3S/c15-13(14-5-8-18-9-6-14)12-4-3-11(17-12)10-2-1-7-16-10/h1-4,7H,5-6,8-9H2. The Morgan fingerprint density at radius 1 is 1.17 bits per heavy atom. The van der Waals surface area contributed by atoms with Gasteiger partial charge in [0.05, 0.1) is 6.26 Å². The zero-order valence-corrected chi connectivity index (χ0v) is 10.6. The Balaban J connectivity index is 1.78. The summed E-state index contributed by atoms with van der Waals surface area (Å²) in [7, 11) is 0. The summed E-state index contributed by atoms with van der Waals surface area (Å²) < 4.78 is 10.8. The molecule has 2 aromatic heterocycles. The molecule has 4 nitrogen and oxygen atoms in total. The molecule has 1 amide bonds. The molecule has 3 rings (SSSR count). The third-order valence-corrected chi connectivity index (χ3v) is 3.82. The second-order valence-electron chi connectivity index (χ2n) is 4.05. The quantitative estimate of drug-likeness (QED) is 0.835. The first-order chi connectivity index (χ1) is 8.84. The number of rotatable bonds is 2. The summed E-state index contributed by atoms with van der Waals surface area (Å²) in [5.74, 6) is 3.58. The number of carbonyl (C=O) groups is 1. The first-order valence-electron chi connectivity index (χ1n) is 5.85. The molecule has 0 bridgehead atoms. The summed E-state index contributed by atoms with van der Waals surface area (Å²) in [6, 6.07) is 7.08. The van der Waals surface area contributed by atoms with Crippen LogP contribution in [-0.4, -0.2) is 35.4 Å². The number of thioether (sulfide) groups is 1. The van der Waals surface area contributed by atoms with Crippen LogP contribution in [0, 0.1) is 0 Å². The van der Waals surface area contributed by atoms with Crippen LogP contribution >= 0.6 is 11.8 Å². The molecule has 1 aliphatic heterocycles. The van der Waals surface area contributed by atoms with Gasteiger partial charge in [-0.1, -0.05) is 0 Å². The van der Waals surface area contributed by atoms with E-state index in [0.717, 1.165) is 24.6 Å². The van der Waals surface area contributed by atoms with Gasteiger partial charge in [-0.2, -0.15) is 11.8 Å². The molecule has 0 aromatic carbocycles. The van der Waals surface area contributed by atoms with Crippen LogP contribution in [0.5, 0.6) is 0 Å². The molecule has 0 unspecified atom stereocenters. The normalized spacial score (nSPS) is 15.9. The fraction of sp³-hybridized carbons (Fsp3) is 0.308. The smallest absolute Gasteiger partial charge is 0.289 e. The van der Waals surface area contributed by atoms with Crippen LogP contribution in [0.2, 0.25) is 0 Å². The summed E-state index contributed by atoms with van der Waals surface area (Å²) in [5.41, 5.74) is 0. The lowest BCUT2D eigenvalue weighted by Gasteiger charge is -2.25. The van der Waals surface area contributed by atoms with Crippen LogP contribution in [0.3, 0.4) is 0 Å². The van der Waals surface area contributed by atoms with Crippen molar-refractivity contribution in [3.63, 3.8) is 0 Å². The van der Waals surface area contributed by atoms with Crippen molar-refractivity contribution in [1.29, 1.82) is 0 Å². The van der Waals surface area contributed by atoms with Gasteiger partial charge in [-0.25, -0.2) is 0 Å². The van der Waals surface area contributed by atoms with E-state index in [1.165, 1.54) is 0 Å². The van der Waals surface area contributed by atoms with Gasteiger partial charge in [-0.15, -0.1) is 0 Å². The van der Waals surface area contributed by atoms with Crippen molar-refractivity contribution in [3.8, 4) is 11.5 Å². The molecular weight excluding hydrogens is 250 g/mol. The zero-order chi connectivity index (χ0) is 12.4. The Bertz CT molecular complexity index is 526. The predicted octanol–water partition coefficient (Wildman–Crippen LogP) is 2.73. The highest BCUT2D eigenvalue weighted by Gasteiger charge is 2.21. The molecular formula is C13H13NO3S. The fourth-order valence-corrected chi connectivity index (χ4v) is 2.83. The molecule has 2 aromatic rings. The predicted molar refractivity (Wildman–Crippen MR) is 69.6 cm³/mol. The second-order valence-corrected chi connectivity index (χ2v) is 5.27. The Morgan fingerprint density at radius 3 is 2.72 bits per heavy atom. The SMILES string of the molecule is O=C(c1ccc(-c2ccco2)o1)N1CCSCC1. The van der Waals surface area contributed by atoms with Gasteiger partial charge in [0.1, 0.15) is 0 Å². The number of hydrogen-bond acceptors (Lipinski definition) is 4. The monoisotopic (exact) mass is 263 g/mol. The Morgan fingerprint density at radius 2 is 2.00 bits per heavy atom. The summed E-state index contributed by atoms with van der Waals surface area (Å²) in [6.07, 6.45) is 1.58. The van der Waals surface area contributed by atoms with Crippen LogP contribution in [0.1, 0.15) is 10.6 Å². The average Bonchev–Trinajstić information content (AvgIpc) is 3.09. The molecule has 0 N–H and O–H groups in total. The third-order valence-electron chi connectivity index (χ3n) is 2.88. The van der Waals surface area contributed by atoms with Crippen molar-refractivity contribution in [2.45, 2.75) is 0 Å². The first-order valence-corrected chi connectivity index (χ1v) is 7.01. The molecule has 0 spiro atoms. The van der Waals surface area contributed by atoms with Gasteiger partial charge < -0.3 is 13.7 Å². The van der Waals surface area contributed by atoms with Crippen LogP contribution in [-0.2, 0) is 0 Å². The highest BCUT2D eigenvalue weighted by Crippen LogP contribution is 2.23. The number of nitrogens with zero attached hydrogens (tertiary/aromatic N) is 1. The van der Waals surface area contributed by atoms with Crippen molar-refractivity contribution in [1.82, 2.24) is 4.90 Å². The molecule has 0 radical (unpaired) electrons. The Kier molecular flexibility index (Phi) is 3.15. The van der Waals surface area contributed by atoms with E-state index in [1.807, 2.05) is 22.7 Å². The first kappa shape index (κ1) is 11.5. The summed E-state index contributed by atoms with van der Waals surface area (Å²) >= 11 is 1.87. The molecule has 18 heavy (non-hydrogen) atoms. The van der Waals surface area contributed by atoms with Crippen LogP contribution in [0.4, 0.5) is 0 Å². The number of hydrogen-bond donors (Lipinski definition) is 0. The van der Waals surface area contributed by atoms with Gasteiger partial charge in [-0.3, -0.25) is 4.79 Å². The summed E-state index contributed by atoms with van der Waals surface area (Å²) in [5, 5.41) is 0. The number of furan rings is 2. The number of carbonyl (C=O) groups excluding carboxylic acids is 1. The van der Waals surface area contributed by atoms with E-state index in [2.05, 4.69) is 0 Å². The molecule has 0 atom stereocenters. The van der Waals surface area contributed by atoms with Gasteiger partial charge in [0.15, 0.2) is 17.3 Å². The van der Waals surface area contributed by atoms with Gasteiger partial charge >= 0.3 is 0 Å². The maximum Gasteiger partial charge on any atom is 0.289 e. The van der Waals surface area contributed by atoms with Crippen LogP contribution in [0.15, 0.2) is 39.4 Å². The minimum absolute atomic E-state index is 0.0342. The molecule has 94 valence electrons. The average molecular weight is 263 g/mol. The lowest BCUT2D eigenvalue weighted by molar-refractivity contribution is 0.0741. The lowest BCUT2D eigenvalue weighted by Crippen LogP contribution is -2.37. The van der Waals surface area contributed by atoms with E-state index in [1.54, 1.807) is 24.5 Å². The van der Waals surface area contributed by atoms with E-state index in [0.29, 0.717) is 17.3 Å². The summed E-state index contributed by atoms with van der Waals surface area (Å²) in [6.45, 7) is 1.58. The van der Waals surface area contributed by atoms with E-state index in [9.17, 15) is 4.79 Å². The van der Waals surface area contributed by atoms with Crippen molar-refractivity contribution < 1.29 is 13.6 Å². The maximum atomic E-state index is 12.2. The lowest BCUT2D eigenvalue weighted by atomic mass is 10.3. The fourth-order valence-electron chi connectivity index (χ4n) is 1.93. The second kappa shape index (κ2) is 4.94. The van der Waals surface area contributed by atoms with Crippen molar-refractivity contribution in [2.75, 3.05) is 24.6 Å². The number of amides is 1. The van der Waals surface area contributed by atoms with Crippen molar-refractivity contribution >= 4 is 17.7 Å². The van der Waals surface area contributed by atoms with E-state index < -0.39 is 0 Å². The molecule has 5 heteroatoms. The van der Waals surface area contributed by atoms with E-state index in [-0.39, 0.29) is 5.91 Å². The molecule has 0 saturated carbocycles. The minimum atomic E-state index is -0.0342. The van der Waals surface area contributed by atoms with Crippen molar-refractivity contribution in [2.24, 2.45) is 0 Å². The van der Waals surface area contributed by atoms with Crippen LogP contribution < -0.4 is 0 Å². The maximum absolute atomic E-state index is 12.2. The summed E-state index contributed by atoms with van der Waals surface area (Å²) in [4.78, 5) is 14.0. The minimum Gasteiger partial charge on any atom is -0.461 e. The highest BCUT2D eigenvalue weighted by atomic mass is 32.2. The molecule has 0 aliphatic carbocycles. The van der Waals surface area contributed by atoms with Gasteiger partial charge in [0.2, 0.25) is 0 Å². The molecule has 1 aliphatic rings. The molecule has 1 saturated heterocycles. The van der Waals surface area contributed by atoms with E-state index in [4.69, 9.17) is 8.83 Å². The Labute approximate surface area is 109 Å². The van der Waals surface area contributed by atoms with Gasteiger partial charge in [0.25, 0.3) is 5.91 Å².